The van der Waals surface area contributed by atoms with Gasteiger partial charge in [-0.25, -0.2) is 9.78 Å². The van der Waals surface area contributed by atoms with Crippen molar-refractivity contribution in [2.45, 2.75) is 17.6 Å². The number of amides is 2. The number of benzene rings is 2. The third-order valence-electron chi connectivity index (χ3n) is 4.30. The predicted molar refractivity (Wildman–Crippen MR) is 126 cm³/mol. The number of aromatic nitrogens is 1. The van der Waals surface area contributed by atoms with Crippen molar-refractivity contribution in [3.05, 3.63) is 75.7 Å². The number of hydrogen-bond donors (Lipinski definition) is 1. The zero-order chi connectivity index (χ0) is 23.1. The average Bonchev–Trinajstić information content (AvgIpc) is 3.21. The van der Waals surface area contributed by atoms with Crippen molar-refractivity contribution >= 4 is 46.6 Å². The quantitative estimate of drug-likeness (QED) is 0.392. The fourth-order valence-electron chi connectivity index (χ4n) is 2.68. The van der Waals surface area contributed by atoms with Crippen molar-refractivity contribution in [2.75, 3.05) is 26.0 Å². The zero-order valence-corrected chi connectivity index (χ0v) is 19.6. The lowest BCUT2D eigenvalue weighted by Gasteiger charge is -2.11. The van der Waals surface area contributed by atoms with Crippen molar-refractivity contribution < 1.29 is 19.1 Å². The normalized spacial score (nSPS) is 10.5. The van der Waals surface area contributed by atoms with Crippen LogP contribution in [-0.2, 0) is 15.3 Å². The van der Waals surface area contributed by atoms with Crippen LogP contribution in [0.15, 0.2) is 58.8 Å². The standard InChI is InChI=1S/C23H23N3O4S2/c1-15-24-19(13-31-15)14-32-20-10-6-17(7-11-20)23(29)30-12-21(27)25-18-8-4-16(5-9-18)22(28)26(2)3/h4-11,13H,12,14H2,1-3H3,(H,25,27). The van der Waals surface area contributed by atoms with E-state index < -0.39 is 18.5 Å². The number of carbonyl (C=O) groups excluding carboxylic acids is 3. The molecule has 1 N–H and O–H groups in total. The molecule has 1 heterocycles. The maximum absolute atomic E-state index is 12.2. The summed E-state index contributed by atoms with van der Waals surface area (Å²) in [7, 11) is 3.34. The minimum Gasteiger partial charge on any atom is -0.452 e. The Hall–Kier alpha value is -3.17. The molecule has 0 radical (unpaired) electrons. The molecule has 9 heteroatoms. The summed E-state index contributed by atoms with van der Waals surface area (Å²) in [6.07, 6.45) is 0. The summed E-state index contributed by atoms with van der Waals surface area (Å²) in [5.74, 6) is -0.396. The SMILES string of the molecule is Cc1nc(CSc2ccc(C(=O)OCC(=O)Nc3ccc(C(=O)N(C)C)cc3)cc2)cs1. The molecule has 2 amide bonds. The molecular weight excluding hydrogens is 446 g/mol. The molecule has 0 fully saturated rings. The number of anilines is 1. The van der Waals surface area contributed by atoms with Crippen LogP contribution >= 0.6 is 23.1 Å². The maximum Gasteiger partial charge on any atom is 0.338 e. The van der Waals surface area contributed by atoms with Crippen LogP contribution in [0.1, 0.15) is 31.4 Å². The molecule has 2 aromatic carbocycles. The fraction of sp³-hybridized carbons (Fsp3) is 0.217. The van der Waals surface area contributed by atoms with Gasteiger partial charge in [0.15, 0.2) is 6.61 Å². The van der Waals surface area contributed by atoms with E-state index in [9.17, 15) is 14.4 Å². The highest BCUT2D eigenvalue weighted by Gasteiger charge is 2.12. The molecule has 0 aliphatic rings. The molecule has 0 atom stereocenters. The van der Waals surface area contributed by atoms with E-state index in [0.717, 1.165) is 21.3 Å². The van der Waals surface area contributed by atoms with Crippen molar-refractivity contribution in [3.8, 4) is 0 Å². The number of thioether (sulfide) groups is 1. The molecular formula is C23H23N3O4S2. The Labute approximate surface area is 194 Å². The number of aryl methyl sites for hydroxylation is 1. The second kappa shape index (κ2) is 10.9. The number of rotatable bonds is 8. The first kappa shape index (κ1) is 23.5. The molecule has 3 aromatic rings. The van der Waals surface area contributed by atoms with E-state index in [1.165, 1.54) is 4.90 Å². The number of thiazole rings is 1. The minimum atomic E-state index is -0.571. The van der Waals surface area contributed by atoms with Crippen LogP contribution in [0.3, 0.4) is 0 Å². The molecule has 0 bridgehead atoms. The molecule has 32 heavy (non-hydrogen) atoms. The topological polar surface area (TPSA) is 88.6 Å². The fourth-order valence-corrected chi connectivity index (χ4v) is 4.19. The van der Waals surface area contributed by atoms with Gasteiger partial charge in [-0.15, -0.1) is 23.1 Å². The van der Waals surface area contributed by atoms with Crippen molar-refractivity contribution in [3.63, 3.8) is 0 Å². The van der Waals surface area contributed by atoms with Gasteiger partial charge >= 0.3 is 5.97 Å². The first-order chi connectivity index (χ1) is 15.3. The Kier molecular flexibility index (Phi) is 8.02. The summed E-state index contributed by atoms with van der Waals surface area (Å²) in [4.78, 5) is 43.1. The van der Waals surface area contributed by atoms with Gasteiger partial charge in [-0.3, -0.25) is 9.59 Å². The molecule has 0 unspecified atom stereocenters. The van der Waals surface area contributed by atoms with Gasteiger partial charge in [-0.1, -0.05) is 0 Å². The third kappa shape index (κ3) is 6.66. The minimum absolute atomic E-state index is 0.126. The summed E-state index contributed by atoms with van der Waals surface area (Å²) < 4.78 is 5.10. The van der Waals surface area contributed by atoms with Gasteiger partial charge in [0.2, 0.25) is 0 Å². The molecule has 1 aromatic heterocycles. The van der Waals surface area contributed by atoms with E-state index >= 15 is 0 Å². The second-order valence-electron chi connectivity index (χ2n) is 7.07. The van der Waals surface area contributed by atoms with Crippen molar-refractivity contribution in [1.29, 1.82) is 0 Å². The van der Waals surface area contributed by atoms with Gasteiger partial charge < -0.3 is 15.0 Å². The lowest BCUT2D eigenvalue weighted by atomic mass is 10.2. The van der Waals surface area contributed by atoms with Gasteiger partial charge in [-0.05, 0) is 55.5 Å². The van der Waals surface area contributed by atoms with E-state index in [1.54, 1.807) is 73.6 Å². The number of esters is 1. The largest absolute Gasteiger partial charge is 0.452 e. The Morgan fingerprint density at radius 3 is 2.28 bits per heavy atom. The molecule has 166 valence electrons. The lowest BCUT2D eigenvalue weighted by molar-refractivity contribution is -0.119. The Balaban J connectivity index is 1.45. The lowest BCUT2D eigenvalue weighted by Crippen LogP contribution is -2.22. The molecule has 3 rings (SSSR count). The van der Waals surface area contributed by atoms with E-state index in [0.29, 0.717) is 16.8 Å². The molecule has 0 aliphatic heterocycles. The van der Waals surface area contributed by atoms with Crippen LogP contribution in [-0.4, -0.2) is 48.4 Å². The number of carbonyl (C=O) groups is 3. The molecule has 7 nitrogen and oxygen atoms in total. The first-order valence-corrected chi connectivity index (χ1v) is 11.6. The smallest absolute Gasteiger partial charge is 0.338 e. The second-order valence-corrected chi connectivity index (χ2v) is 9.18. The van der Waals surface area contributed by atoms with Crippen LogP contribution in [0.4, 0.5) is 5.69 Å². The Morgan fingerprint density at radius 2 is 1.69 bits per heavy atom. The highest BCUT2D eigenvalue weighted by atomic mass is 32.2. The number of ether oxygens (including phenoxy) is 1. The van der Waals surface area contributed by atoms with E-state index in [-0.39, 0.29) is 5.91 Å². The summed E-state index contributed by atoms with van der Waals surface area (Å²) >= 11 is 3.26. The predicted octanol–water partition coefficient (Wildman–Crippen LogP) is 4.24. The van der Waals surface area contributed by atoms with E-state index in [4.69, 9.17) is 4.74 Å². The zero-order valence-electron chi connectivity index (χ0n) is 18.0. The number of nitrogens with zero attached hydrogens (tertiary/aromatic N) is 2. The number of nitrogens with one attached hydrogen (secondary N) is 1. The Morgan fingerprint density at radius 1 is 1.03 bits per heavy atom. The van der Waals surface area contributed by atoms with Crippen LogP contribution in [0.2, 0.25) is 0 Å². The van der Waals surface area contributed by atoms with Crippen LogP contribution in [0.25, 0.3) is 0 Å². The van der Waals surface area contributed by atoms with Crippen LogP contribution < -0.4 is 5.32 Å². The molecule has 0 aliphatic carbocycles. The van der Waals surface area contributed by atoms with Crippen molar-refractivity contribution in [1.82, 2.24) is 9.88 Å². The van der Waals surface area contributed by atoms with Gasteiger partial charge in [0.25, 0.3) is 11.8 Å². The Bertz CT molecular complexity index is 1090. The van der Waals surface area contributed by atoms with Crippen LogP contribution in [0.5, 0.6) is 0 Å². The van der Waals surface area contributed by atoms with E-state index in [2.05, 4.69) is 10.3 Å². The first-order valence-electron chi connectivity index (χ1n) is 9.74. The van der Waals surface area contributed by atoms with E-state index in [1.807, 2.05) is 24.4 Å². The van der Waals surface area contributed by atoms with Crippen LogP contribution in [0, 0.1) is 6.92 Å². The van der Waals surface area contributed by atoms with Gasteiger partial charge in [0.1, 0.15) is 0 Å². The molecule has 0 saturated heterocycles. The van der Waals surface area contributed by atoms with Gasteiger partial charge in [0.05, 0.1) is 16.3 Å². The van der Waals surface area contributed by atoms with Gasteiger partial charge in [0, 0.05) is 41.4 Å². The average molecular weight is 470 g/mol. The maximum atomic E-state index is 12.2. The monoisotopic (exact) mass is 469 g/mol. The third-order valence-corrected chi connectivity index (χ3v) is 6.17. The summed E-state index contributed by atoms with van der Waals surface area (Å²) in [5, 5.41) is 5.72. The number of hydrogen-bond acceptors (Lipinski definition) is 7. The van der Waals surface area contributed by atoms with Gasteiger partial charge in [-0.2, -0.15) is 0 Å². The van der Waals surface area contributed by atoms with Crippen molar-refractivity contribution in [2.24, 2.45) is 0 Å². The molecule has 0 saturated carbocycles. The summed E-state index contributed by atoms with van der Waals surface area (Å²) in [6, 6.07) is 13.5. The highest BCUT2D eigenvalue weighted by Crippen LogP contribution is 2.24. The highest BCUT2D eigenvalue weighted by molar-refractivity contribution is 7.98. The molecule has 0 spiro atoms. The summed E-state index contributed by atoms with van der Waals surface area (Å²) in [5.41, 5.74) is 2.44. The summed E-state index contributed by atoms with van der Waals surface area (Å²) in [6.45, 7) is 1.57.